The Morgan fingerprint density at radius 1 is 1.40 bits per heavy atom. The van der Waals surface area contributed by atoms with Crippen molar-refractivity contribution in [1.29, 1.82) is 0 Å². The van der Waals surface area contributed by atoms with E-state index in [1.807, 2.05) is 0 Å². The number of ketones is 1. The largest absolute Gasteiger partial charge is 0.312 e. The molecule has 1 aliphatic carbocycles. The lowest BCUT2D eigenvalue weighted by Gasteiger charge is -2.20. The zero-order chi connectivity index (χ0) is 11.3. The maximum absolute atomic E-state index is 11.8. The van der Waals surface area contributed by atoms with Crippen LogP contribution in [0.15, 0.2) is 11.6 Å². The fourth-order valence-corrected chi connectivity index (χ4v) is 1.80. The van der Waals surface area contributed by atoms with Gasteiger partial charge >= 0.3 is 0 Å². The van der Waals surface area contributed by atoms with E-state index in [0.717, 1.165) is 25.0 Å². The van der Waals surface area contributed by atoms with Crippen LogP contribution in [0.2, 0.25) is 0 Å². The zero-order valence-electron chi connectivity index (χ0n) is 10.2. The van der Waals surface area contributed by atoms with E-state index < -0.39 is 0 Å². The summed E-state index contributed by atoms with van der Waals surface area (Å²) in [5.74, 6) is 0.339. The molecular formula is C13H23NO. The van der Waals surface area contributed by atoms with Crippen molar-refractivity contribution in [3.63, 3.8) is 0 Å². The van der Waals surface area contributed by atoms with Gasteiger partial charge in [-0.2, -0.15) is 0 Å². The van der Waals surface area contributed by atoms with Gasteiger partial charge in [-0.15, -0.1) is 0 Å². The van der Waals surface area contributed by atoms with Crippen molar-refractivity contribution in [3.8, 4) is 0 Å². The van der Waals surface area contributed by atoms with E-state index in [1.54, 1.807) is 0 Å². The summed E-state index contributed by atoms with van der Waals surface area (Å²) in [6, 6.07) is 0. The summed E-state index contributed by atoms with van der Waals surface area (Å²) in [6.07, 6.45) is 7.29. The summed E-state index contributed by atoms with van der Waals surface area (Å²) in [7, 11) is 0. The van der Waals surface area contributed by atoms with Crippen molar-refractivity contribution >= 4 is 5.78 Å². The molecule has 0 aromatic rings. The van der Waals surface area contributed by atoms with Crippen LogP contribution in [-0.4, -0.2) is 17.9 Å². The third kappa shape index (κ3) is 5.12. The highest BCUT2D eigenvalue weighted by Gasteiger charge is 2.13. The standard InChI is InChI=1S/C13H23NO/c1-13(2,3)14-10-9-12(15)11-7-5-4-6-8-11/h7,14H,4-6,8-10H2,1-3H3. The Morgan fingerprint density at radius 2 is 2.13 bits per heavy atom. The molecule has 0 bridgehead atoms. The fraction of sp³-hybridized carbons (Fsp3) is 0.769. The first-order valence-corrected chi connectivity index (χ1v) is 5.96. The van der Waals surface area contributed by atoms with Gasteiger partial charge in [0.2, 0.25) is 0 Å². The topological polar surface area (TPSA) is 29.1 Å². The number of allylic oxidation sites excluding steroid dienone is 2. The minimum atomic E-state index is 0.112. The maximum Gasteiger partial charge on any atom is 0.159 e. The van der Waals surface area contributed by atoms with Gasteiger partial charge in [-0.05, 0) is 52.0 Å². The third-order valence-electron chi connectivity index (χ3n) is 2.66. The average molecular weight is 209 g/mol. The summed E-state index contributed by atoms with van der Waals surface area (Å²) < 4.78 is 0. The molecule has 86 valence electrons. The predicted molar refractivity (Wildman–Crippen MR) is 63.9 cm³/mol. The lowest BCUT2D eigenvalue weighted by atomic mass is 9.95. The molecule has 0 saturated carbocycles. The van der Waals surface area contributed by atoms with Crippen LogP contribution in [0.3, 0.4) is 0 Å². The summed E-state index contributed by atoms with van der Waals surface area (Å²) in [6.45, 7) is 7.16. The fourth-order valence-electron chi connectivity index (χ4n) is 1.80. The molecule has 0 fully saturated rings. The minimum absolute atomic E-state index is 0.112. The molecule has 2 heteroatoms. The number of hydrogen-bond acceptors (Lipinski definition) is 2. The maximum atomic E-state index is 11.8. The van der Waals surface area contributed by atoms with E-state index in [9.17, 15) is 4.79 Å². The molecule has 0 saturated heterocycles. The van der Waals surface area contributed by atoms with Crippen molar-refractivity contribution in [1.82, 2.24) is 5.32 Å². The Balaban J connectivity index is 2.27. The molecule has 0 aromatic heterocycles. The molecule has 0 heterocycles. The number of hydrogen-bond donors (Lipinski definition) is 1. The van der Waals surface area contributed by atoms with Gasteiger partial charge in [-0.1, -0.05) is 6.08 Å². The van der Waals surface area contributed by atoms with Crippen LogP contribution >= 0.6 is 0 Å². The first-order chi connectivity index (χ1) is 6.99. The minimum Gasteiger partial charge on any atom is -0.312 e. The quantitative estimate of drug-likeness (QED) is 0.771. The van der Waals surface area contributed by atoms with Gasteiger partial charge in [-0.3, -0.25) is 4.79 Å². The summed E-state index contributed by atoms with van der Waals surface area (Å²) >= 11 is 0. The second-order valence-electron chi connectivity index (χ2n) is 5.33. The first kappa shape index (κ1) is 12.4. The van der Waals surface area contributed by atoms with Gasteiger partial charge < -0.3 is 5.32 Å². The van der Waals surface area contributed by atoms with Crippen molar-refractivity contribution in [2.45, 2.75) is 58.4 Å². The number of carbonyl (C=O) groups excluding carboxylic acids is 1. The van der Waals surface area contributed by atoms with Crippen LogP contribution in [0, 0.1) is 0 Å². The van der Waals surface area contributed by atoms with Gasteiger partial charge in [-0.25, -0.2) is 0 Å². The molecule has 1 N–H and O–H groups in total. The Hall–Kier alpha value is -0.630. The lowest BCUT2D eigenvalue weighted by molar-refractivity contribution is -0.115. The van der Waals surface area contributed by atoms with Gasteiger partial charge in [0.15, 0.2) is 5.78 Å². The van der Waals surface area contributed by atoms with Crippen LogP contribution in [0.4, 0.5) is 0 Å². The highest BCUT2D eigenvalue weighted by Crippen LogP contribution is 2.18. The van der Waals surface area contributed by atoms with Crippen molar-refractivity contribution < 1.29 is 4.79 Å². The highest BCUT2D eigenvalue weighted by atomic mass is 16.1. The third-order valence-corrected chi connectivity index (χ3v) is 2.66. The van der Waals surface area contributed by atoms with E-state index in [2.05, 4.69) is 32.2 Å². The molecule has 0 unspecified atom stereocenters. The molecule has 0 aromatic carbocycles. The smallest absolute Gasteiger partial charge is 0.159 e. The normalized spacial score (nSPS) is 17.4. The first-order valence-electron chi connectivity index (χ1n) is 5.96. The van der Waals surface area contributed by atoms with Crippen molar-refractivity contribution in [2.75, 3.05) is 6.54 Å². The Labute approximate surface area is 93.1 Å². The molecule has 0 aliphatic heterocycles. The van der Waals surface area contributed by atoms with Crippen molar-refractivity contribution in [2.24, 2.45) is 0 Å². The molecular weight excluding hydrogens is 186 g/mol. The molecule has 1 rings (SSSR count). The highest BCUT2D eigenvalue weighted by molar-refractivity contribution is 5.95. The second kappa shape index (κ2) is 5.45. The monoisotopic (exact) mass is 209 g/mol. The van der Waals surface area contributed by atoms with Crippen LogP contribution in [-0.2, 0) is 4.79 Å². The molecule has 0 atom stereocenters. The summed E-state index contributed by atoms with van der Waals surface area (Å²) in [5.41, 5.74) is 1.18. The average Bonchev–Trinajstić information content (AvgIpc) is 2.17. The lowest BCUT2D eigenvalue weighted by Crippen LogP contribution is -2.37. The predicted octanol–water partition coefficient (Wildman–Crippen LogP) is 2.83. The second-order valence-corrected chi connectivity index (χ2v) is 5.33. The number of Topliss-reactive ketones (excluding diaryl/α,β-unsaturated/α-hetero) is 1. The summed E-state index contributed by atoms with van der Waals surface area (Å²) in [5, 5.41) is 3.34. The Kier molecular flexibility index (Phi) is 4.52. The van der Waals surface area contributed by atoms with Gasteiger partial charge in [0.05, 0.1) is 0 Å². The summed E-state index contributed by atoms with van der Waals surface area (Å²) in [4.78, 5) is 11.8. The molecule has 0 amide bonds. The van der Waals surface area contributed by atoms with Crippen molar-refractivity contribution in [3.05, 3.63) is 11.6 Å². The van der Waals surface area contributed by atoms with Crippen LogP contribution in [0.1, 0.15) is 52.9 Å². The Bertz CT molecular complexity index is 248. The molecule has 15 heavy (non-hydrogen) atoms. The molecule has 1 aliphatic rings. The number of rotatable bonds is 4. The van der Waals surface area contributed by atoms with E-state index >= 15 is 0 Å². The number of nitrogens with one attached hydrogen (secondary N) is 1. The van der Waals surface area contributed by atoms with Crippen LogP contribution < -0.4 is 5.32 Å². The van der Waals surface area contributed by atoms with E-state index in [-0.39, 0.29) is 5.54 Å². The SMILES string of the molecule is CC(C)(C)NCCC(=O)C1=CCCCC1. The van der Waals surface area contributed by atoms with E-state index in [0.29, 0.717) is 12.2 Å². The Morgan fingerprint density at radius 3 is 2.67 bits per heavy atom. The number of carbonyl (C=O) groups is 1. The van der Waals surface area contributed by atoms with Gasteiger partial charge in [0.25, 0.3) is 0 Å². The van der Waals surface area contributed by atoms with Crippen LogP contribution in [0.25, 0.3) is 0 Å². The van der Waals surface area contributed by atoms with Gasteiger partial charge in [0, 0.05) is 18.5 Å². The van der Waals surface area contributed by atoms with Crippen LogP contribution in [0.5, 0.6) is 0 Å². The van der Waals surface area contributed by atoms with E-state index in [4.69, 9.17) is 0 Å². The molecule has 0 spiro atoms. The molecule has 2 nitrogen and oxygen atoms in total. The zero-order valence-corrected chi connectivity index (χ0v) is 10.2. The molecule has 0 radical (unpaired) electrons. The van der Waals surface area contributed by atoms with E-state index in [1.165, 1.54) is 12.8 Å². The van der Waals surface area contributed by atoms with Gasteiger partial charge in [0.1, 0.15) is 0 Å².